The highest BCUT2D eigenvalue weighted by molar-refractivity contribution is 5.70. The smallest absolute Gasteiger partial charge is 0.307 e. The zero-order valence-corrected chi connectivity index (χ0v) is 12.7. The molecule has 0 amide bonds. The molecule has 1 aromatic heterocycles. The number of carbonyl (C=O) groups is 1. The summed E-state index contributed by atoms with van der Waals surface area (Å²) in [4.78, 5) is 13.4. The molecule has 1 aliphatic rings. The predicted octanol–water partition coefficient (Wildman–Crippen LogP) is 3.63. The minimum atomic E-state index is -0.693. The maximum Gasteiger partial charge on any atom is 0.307 e. The van der Waals surface area contributed by atoms with Crippen LogP contribution in [0.2, 0.25) is 0 Å². The fraction of sp³-hybridized carbons (Fsp3) is 0.389. The largest absolute Gasteiger partial charge is 0.481 e. The number of carboxylic acids is 1. The first-order valence-corrected chi connectivity index (χ1v) is 7.74. The van der Waals surface area contributed by atoms with Gasteiger partial charge < -0.3 is 9.52 Å². The molecule has 1 N–H and O–H groups in total. The molecule has 4 nitrogen and oxygen atoms in total. The van der Waals surface area contributed by atoms with E-state index >= 15 is 0 Å². The zero-order chi connectivity index (χ0) is 15.5. The van der Waals surface area contributed by atoms with E-state index < -0.39 is 5.97 Å². The molecule has 2 unspecified atom stereocenters. The van der Waals surface area contributed by atoms with Gasteiger partial charge in [0.2, 0.25) is 0 Å². The van der Waals surface area contributed by atoms with Crippen molar-refractivity contribution in [3.05, 3.63) is 48.2 Å². The van der Waals surface area contributed by atoms with Gasteiger partial charge in [0.25, 0.3) is 0 Å². The first-order valence-electron chi connectivity index (χ1n) is 7.74. The third kappa shape index (κ3) is 3.22. The highest BCUT2D eigenvalue weighted by Gasteiger charge is 2.30. The Kier molecular flexibility index (Phi) is 4.29. The summed E-state index contributed by atoms with van der Waals surface area (Å²) >= 11 is 0. The minimum absolute atomic E-state index is 0.264. The van der Waals surface area contributed by atoms with E-state index in [0.29, 0.717) is 19.1 Å². The van der Waals surface area contributed by atoms with E-state index in [1.807, 2.05) is 42.5 Å². The number of likely N-dealkylation sites (tertiary alicyclic amines) is 1. The minimum Gasteiger partial charge on any atom is -0.481 e. The van der Waals surface area contributed by atoms with Crippen molar-refractivity contribution in [2.75, 3.05) is 6.54 Å². The van der Waals surface area contributed by atoms with Gasteiger partial charge in [0, 0.05) is 18.2 Å². The number of piperidine rings is 1. The van der Waals surface area contributed by atoms with E-state index in [1.165, 1.54) is 0 Å². The standard InChI is InChI=1S/C18H21NO3/c1-13-7-8-15(18(20)21)11-19(13)12-16-9-10-17(22-16)14-5-3-2-4-6-14/h2-6,9-10,13,15H,7-8,11-12H2,1H3,(H,20,21). The highest BCUT2D eigenvalue weighted by atomic mass is 16.4. The molecule has 0 aliphatic carbocycles. The Morgan fingerprint density at radius 3 is 2.73 bits per heavy atom. The van der Waals surface area contributed by atoms with Gasteiger partial charge in [0.05, 0.1) is 12.5 Å². The van der Waals surface area contributed by atoms with E-state index in [9.17, 15) is 9.90 Å². The zero-order valence-electron chi connectivity index (χ0n) is 12.7. The first-order chi connectivity index (χ1) is 10.6. The van der Waals surface area contributed by atoms with Crippen molar-refractivity contribution in [2.24, 2.45) is 5.92 Å². The molecule has 22 heavy (non-hydrogen) atoms. The van der Waals surface area contributed by atoms with Crippen LogP contribution in [0.5, 0.6) is 0 Å². The second-order valence-electron chi connectivity index (χ2n) is 6.02. The molecule has 2 atom stereocenters. The van der Waals surface area contributed by atoms with E-state index in [2.05, 4.69) is 11.8 Å². The Bertz CT molecular complexity index is 635. The van der Waals surface area contributed by atoms with Crippen molar-refractivity contribution in [2.45, 2.75) is 32.4 Å². The van der Waals surface area contributed by atoms with E-state index in [1.54, 1.807) is 0 Å². The van der Waals surface area contributed by atoms with Crippen molar-refractivity contribution in [3.8, 4) is 11.3 Å². The average Bonchev–Trinajstić information content (AvgIpc) is 2.99. The Hall–Kier alpha value is -2.07. The Morgan fingerprint density at radius 1 is 1.23 bits per heavy atom. The van der Waals surface area contributed by atoms with Gasteiger partial charge in [-0.05, 0) is 31.9 Å². The van der Waals surface area contributed by atoms with Crippen molar-refractivity contribution in [1.29, 1.82) is 0 Å². The molecule has 3 rings (SSSR count). The van der Waals surface area contributed by atoms with Gasteiger partial charge in [0.1, 0.15) is 11.5 Å². The number of hydrogen-bond acceptors (Lipinski definition) is 3. The third-order valence-corrected chi connectivity index (χ3v) is 4.44. The summed E-state index contributed by atoms with van der Waals surface area (Å²) in [7, 11) is 0. The predicted molar refractivity (Wildman–Crippen MR) is 84.4 cm³/mol. The summed E-state index contributed by atoms with van der Waals surface area (Å²) in [5.74, 6) is 0.785. The highest BCUT2D eigenvalue weighted by Crippen LogP contribution is 2.26. The third-order valence-electron chi connectivity index (χ3n) is 4.44. The normalized spacial score (nSPS) is 22.6. The van der Waals surface area contributed by atoms with E-state index in [-0.39, 0.29) is 5.92 Å². The van der Waals surface area contributed by atoms with Crippen molar-refractivity contribution < 1.29 is 14.3 Å². The maximum absolute atomic E-state index is 11.2. The quantitative estimate of drug-likeness (QED) is 0.936. The Balaban J connectivity index is 1.70. The molecule has 116 valence electrons. The number of rotatable bonds is 4. The van der Waals surface area contributed by atoms with Gasteiger partial charge in [-0.2, -0.15) is 0 Å². The molecule has 2 heterocycles. The molecular formula is C18H21NO3. The summed E-state index contributed by atoms with van der Waals surface area (Å²) in [5.41, 5.74) is 1.06. The Labute approximate surface area is 130 Å². The molecule has 0 bridgehead atoms. The van der Waals surface area contributed by atoms with Crippen LogP contribution in [-0.2, 0) is 11.3 Å². The second kappa shape index (κ2) is 6.36. The van der Waals surface area contributed by atoms with Crippen LogP contribution in [0.1, 0.15) is 25.5 Å². The number of hydrogen-bond donors (Lipinski definition) is 1. The molecule has 1 aliphatic heterocycles. The molecule has 0 saturated carbocycles. The molecule has 0 radical (unpaired) electrons. The van der Waals surface area contributed by atoms with Crippen molar-refractivity contribution in [1.82, 2.24) is 4.90 Å². The fourth-order valence-corrected chi connectivity index (χ4v) is 3.02. The van der Waals surface area contributed by atoms with E-state index in [0.717, 1.165) is 29.9 Å². The lowest BCUT2D eigenvalue weighted by Gasteiger charge is -2.35. The molecule has 0 spiro atoms. The fourth-order valence-electron chi connectivity index (χ4n) is 3.02. The molecule has 1 saturated heterocycles. The maximum atomic E-state index is 11.2. The lowest BCUT2D eigenvalue weighted by atomic mass is 9.93. The molecule has 1 aromatic carbocycles. The first kappa shape index (κ1) is 14.9. The summed E-state index contributed by atoms with van der Waals surface area (Å²) in [6.07, 6.45) is 1.68. The van der Waals surface area contributed by atoms with Gasteiger partial charge in [-0.15, -0.1) is 0 Å². The average molecular weight is 299 g/mol. The number of furan rings is 1. The van der Waals surface area contributed by atoms with Crippen molar-refractivity contribution in [3.63, 3.8) is 0 Å². The SMILES string of the molecule is CC1CCC(C(=O)O)CN1Cc1ccc(-c2ccccc2)o1. The summed E-state index contributed by atoms with van der Waals surface area (Å²) in [5, 5.41) is 9.21. The second-order valence-corrected chi connectivity index (χ2v) is 6.02. The van der Waals surface area contributed by atoms with Crippen LogP contribution in [0.4, 0.5) is 0 Å². The lowest BCUT2D eigenvalue weighted by Crippen LogP contribution is -2.43. The van der Waals surface area contributed by atoms with Crippen LogP contribution in [-0.4, -0.2) is 28.6 Å². The van der Waals surface area contributed by atoms with Gasteiger partial charge in [-0.25, -0.2) is 0 Å². The van der Waals surface area contributed by atoms with Gasteiger partial charge in [-0.3, -0.25) is 9.69 Å². The molecule has 1 fully saturated rings. The lowest BCUT2D eigenvalue weighted by molar-refractivity contribution is -0.144. The molecular weight excluding hydrogens is 278 g/mol. The monoisotopic (exact) mass is 299 g/mol. The van der Waals surface area contributed by atoms with Gasteiger partial charge >= 0.3 is 5.97 Å². The molecule has 2 aromatic rings. The van der Waals surface area contributed by atoms with Gasteiger partial charge in [0.15, 0.2) is 0 Å². The molecule has 4 heteroatoms. The number of carboxylic acid groups (broad SMARTS) is 1. The number of nitrogens with zero attached hydrogens (tertiary/aromatic N) is 1. The van der Waals surface area contributed by atoms with Gasteiger partial charge in [-0.1, -0.05) is 30.3 Å². The summed E-state index contributed by atoms with van der Waals surface area (Å²) < 4.78 is 5.93. The van der Waals surface area contributed by atoms with Crippen LogP contribution in [0, 0.1) is 5.92 Å². The number of benzene rings is 1. The summed E-state index contributed by atoms with van der Waals surface area (Å²) in [6, 6.07) is 14.4. The van der Waals surface area contributed by atoms with Crippen LogP contribution >= 0.6 is 0 Å². The Morgan fingerprint density at radius 2 is 2.00 bits per heavy atom. The van der Waals surface area contributed by atoms with Crippen molar-refractivity contribution >= 4 is 5.97 Å². The van der Waals surface area contributed by atoms with Crippen LogP contribution in [0.3, 0.4) is 0 Å². The van der Waals surface area contributed by atoms with Crippen LogP contribution < -0.4 is 0 Å². The van der Waals surface area contributed by atoms with Crippen LogP contribution in [0.25, 0.3) is 11.3 Å². The number of aliphatic carboxylic acids is 1. The van der Waals surface area contributed by atoms with E-state index in [4.69, 9.17) is 4.42 Å². The summed E-state index contributed by atoms with van der Waals surface area (Å²) in [6.45, 7) is 3.41. The topological polar surface area (TPSA) is 53.7 Å². The van der Waals surface area contributed by atoms with Crippen LogP contribution in [0.15, 0.2) is 46.9 Å².